The minimum absolute atomic E-state index is 0.0124. The molecule has 2 N–H and O–H groups in total. The fraction of sp³-hybridized carbons (Fsp3) is 0.381. The molecule has 2 aromatic rings. The molecule has 0 radical (unpaired) electrons. The van der Waals surface area contributed by atoms with Crippen LogP contribution in [0.5, 0.6) is 0 Å². The predicted octanol–water partition coefficient (Wildman–Crippen LogP) is 3.72. The normalized spacial score (nSPS) is 13.9. The molecular weight excluding hydrogens is 376 g/mol. The van der Waals surface area contributed by atoms with Crippen molar-refractivity contribution in [3.05, 3.63) is 58.2 Å². The smallest absolute Gasteiger partial charge is 0.255 e. The zero-order chi connectivity index (χ0) is 19.9. The third kappa shape index (κ3) is 5.01. The first-order valence-electron chi connectivity index (χ1n) is 9.64. The number of anilines is 1. The zero-order valence-corrected chi connectivity index (χ0v) is 16.8. The number of rotatable bonds is 6. The Hall–Kier alpha value is -2.60. The summed E-state index contributed by atoms with van der Waals surface area (Å²) in [7, 11) is 0. The number of nitrogens with zero attached hydrogens (tertiary/aromatic N) is 2. The SMILES string of the molecule is CCNC(=O)c1ccc(CNc2ncc(C(=O)N3CCCCC3)cc2Cl)cc1. The third-order valence-electron chi connectivity index (χ3n) is 4.74. The lowest BCUT2D eigenvalue weighted by Crippen LogP contribution is -2.35. The van der Waals surface area contributed by atoms with Crippen LogP contribution >= 0.6 is 11.6 Å². The molecule has 2 amide bonds. The summed E-state index contributed by atoms with van der Waals surface area (Å²) >= 11 is 6.33. The first-order chi connectivity index (χ1) is 13.6. The summed E-state index contributed by atoms with van der Waals surface area (Å²) in [5, 5.41) is 6.37. The minimum Gasteiger partial charge on any atom is -0.365 e. The molecule has 0 spiro atoms. The summed E-state index contributed by atoms with van der Waals surface area (Å²) in [6.45, 7) is 4.59. The highest BCUT2D eigenvalue weighted by molar-refractivity contribution is 6.33. The number of halogens is 1. The highest BCUT2D eigenvalue weighted by Crippen LogP contribution is 2.22. The summed E-state index contributed by atoms with van der Waals surface area (Å²) in [4.78, 5) is 30.5. The van der Waals surface area contributed by atoms with Gasteiger partial charge in [0.1, 0.15) is 5.82 Å². The third-order valence-corrected chi connectivity index (χ3v) is 5.03. The standard InChI is InChI=1S/C21H25ClN4O2/c1-2-23-20(27)16-8-6-15(7-9-16)13-24-19-18(22)12-17(14-25-19)21(28)26-10-4-3-5-11-26/h6-9,12,14H,2-5,10-11,13H2,1H3,(H,23,27)(H,24,25). The zero-order valence-electron chi connectivity index (χ0n) is 16.0. The van der Waals surface area contributed by atoms with E-state index >= 15 is 0 Å². The molecule has 7 heteroatoms. The maximum Gasteiger partial charge on any atom is 0.255 e. The van der Waals surface area contributed by atoms with Crippen molar-refractivity contribution in [3.8, 4) is 0 Å². The van der Waals surface area contributed by atoms with E-state index in [-0.39, 0.29) is 11.8 Å². The number of carbonyl (C=O) groups excluding carboxylic acids is 2. The molecule has 0 bridgehead atoms. The van der Waals surface area contributed by atoms with Crippen molar-refractivity contribution in [3.63, 3.8) is 0 Å². The minimum atomic E-state index is -0.0827. The quantitative estimate of drug-likeness (QED) is 0.774. The van der Waals surface area contributed by atoms with Crippen LogP contribution in [-0.4, -0.2) is 41.3 Å². The first kappa shape index (κ1) is 20.1. The first-order valence-corrected chi connectivity index (χ1v) is 10.0. The molecule has 28 heavy (non-hydrogen) atoms. The molecule has 148 valence electrons. The molecule has 1 aliphatic rings. The number of hydrogen-bond acceptors (Lipinski definition) is 4. The highest BCUT2D eigenvalue weighted by atomic mass is 35.5. The Morgan fingerprint density at radius 3 is 2.46 bits per heavy atom. The van der Waals surface area contributed by atoms with E-state index in [2.05, 4.69) is 15.6 Å². The second-order valence-electron chi connectivity index (χ2n) is 6.82. The van der Waals surface area contributed by atoms with Gasteiger partial charge in [0, 0.05) is 37.9 Å². The number of pyridine rings is 1. The highest BCUT2D eigenvalue weighted by Gasteiger charge is 2.19. The van der Waals surface area contributed by atoms with Gasteiger partial charge in [0.15, 0.2) is 0 Å². The van der Waals surface area contributed by atoms with E-state index in [0.717, 1.165) is 31.5 Å². The number of carbonyl (C=O) groups is 2. The van der Waals surface area contributed by atoms with Crippen LogP contribution in [0.2, 0.25) is 5.02 Å². The number of nitrogens with one attached hydrogen (secondary N) is 2. The van der Waals surface area contributed by atoms with Crippen molar-refractivity contribution in [2.24, 2.45) is 0 Å². The van der Waals surface area contributed by atoms with E-state index in [1.807, 2.05) is 24.0 Å². The molecule has 1 aliphatic heterocycles. The van der Waals surface area contributed by atoms with Crippen LogP contribution in [0.15, 0.2) is 36.5 Å². The van der Waals surface area contributed by atoms with Gasteiger partial charge in [0.25, 0.3) is 11.8 Å². The molecule has 3 rings (SSSR count). The van der Waals surface area contributed by atoms with Gasteiger partial charge in [-0.15, -0.1) is 0 Å². The van der Waals surface area contributed by atoms with Gasteiger partial charge in [0.2, 0.25) is 0 Å². The lowest BCUT2D eigenvalue weighted by Gasteiger charge is -2.26. The van der Waals surface area contributed by atoms with Crippen LogP contribution in [0.3, 0.4) is 0 Å². The molecular formula is C21H25ClN4O2. The van der Waals surface area contributed by atoms with Crippen molar-refractivity contribution < 1.29 is 9.59 Å². The fourth-order valence-corrected chi connectivity index (χ4v) is 3.42. The number of likely N-dealkylation sites (tertiary alicyclic amines) is 1. The molecule has 1 aromatic heterocycles. The lowest BCUT2D eigenvalue weighted by atomic mass is 10.1. The summed E-state index contributed by atoms with van der Waals surface area (Å²) in [6.07, 6.45) is 4.84. The summed E-state index contributed by atoms with van der Waals surface area (Å²) in [6, 6.07) is 9.03. The van der Waals surface area contributed by atoms with Crippen LogP contribution in [0.25, 0.3) is 0 Å². The van der Waals surface area contributed by atoms with Crippen molar-refractivity contribution in [2.45, 2.75) is 32.7 Å². The van der Waals surface area contributed by atoms with Gasteiger partial charge in [0.05, 0.1) is 10.6 Å². The van der Waals surface area contributed by atoms with Gasteiger partial charge < -0.3 is 15.5 Å². The summed E-state index contributed by atoms with van der Waals surface area (Å²) in [5.41, 5.74) is 2.14. The summed E-state index contributed by atoms with van der Waals surface area (Å²) < 4.78 is 0. The van der Waals surface area contributed by atoms with Crippen molar-refractivity contribution >= 4 is 29.2 Å². The largest absolute Gasteiger partial charge is 0.365 e. The molecule has 0 unspecified atom stereocenters. The number of aromatic nitrogens is 1. The average Bonchev–Trinajstić information content (AvgIpc) is 2.73. The fourth-order valence-electron chi connectivity index (χ4n) is 3.19. The number of hydrogen-bond donors (Lipinski definition) is 2. The number of benzene rings is 1. The molecule has 0 saturated carbocycles. The van der Waals surface area contributed by atoms with Gasteiger partial charge in [-0.05, 0) is 49.9 Å². The Balaban J connectivity index is 1.60. The van der Waals surface area contributed by atoms with E-state index in [0.29, 0.717) is 35.1 Å². The molecule has 1 saturated heterocycles. The van der Waals surface area contributed by atoms with Gasteiger partial charge in [-0.1, -0.05) is 23.7 Å². The Morgan fingerprint density at radius 1 is 1.11 bits per heavy atom. The van der Waals surface area contributed by atoms with Crippen LogP contribution in [0.4, 0.5) is 5.82 Å². The number of amides is 2. The molecule has 0 atom stereocenters. The van der Waals surface area contributed by atoms with Crippen LogP contribution in [0.1, 0.15) is 52.5 Å². The predicted molar refractivity (Wildman–Crippen MR) is 111 cm³/mol. The second kappa shape index (κ2) is 9.55. The van der Waals surface area contributed by atoms with Crippen LogP contribution in [-0.2, 0) is 6.54 Å². The monoisotopic (exact) mass is 400 g/mol. The van der Waals surface area contributed by atoms with E-state index in [1.54, 1.807) is 24.4 Å². The van der Waals surface area contributed by atoms with Crippen molar-refractivity contribution in [1.29, 1.82) is 0 Å². The van der Waals surface area contributed by atoms with Crippen molar-refractivity contribution in [2.75, 3.05) is 25.0 Å². The molecule has 1 fully saturated rings. The van der Waals surface area contributed by atoms with E-state index in [1.165, 1.54) is 6.42 Å². The maximum atomic E-state index is 12.6. The molecule has 2 heterocycles. The van der Waals surface area contributed by atoms with Crippen LogP contribution in [0, 0.1) is 0 Å². The van der Waals surface area contributed by atoms with E-state index in [9.17, 15) is 9.59 Å². The van der Waals surface area contributed by atoms with Gasteiger partial charge in [-0.25, -0.2) is 4.98 Å². The molecule has 6 nitrogen and oxygen atoms in total. The molecule has 0 aliphatic carbocycles. The number of piperidine rings is 1. The van der Waals surface area contributed by atoms with Gasteiger partial charge in [-0.2, -0.15) is 0 Å². The van der Waals surface area contributed by atoms with Crippen molar-refractivity contribution in [1.82, 2.24) is 15.2 Å². The van der Waals surface area contributed by atoms with Crippen LogP contribution < -0.4 is 10.6 Å². The second-order valence-corrected chi connectivity index (χ2v) is 7.22. The van der Waals surface area contributed by atoms with E-state index in [4.69, 9.17) is 11.6 Å². The van der Waals surface area contributed by atoms with Gasteiger partial charge >= 0.3 is 0 Å². The topological polar surface area (TPSA) is 74.3 Å². The maximum absolute atomic E-state index is 12.6. The van der Waals surface area contributed by atoms with Gasteiger partial charge in [-0.3, -0.25) is 9.59 Å². The Bertz CT molecular complexity index is 833. The Morgan fingerprint density at radius 2 is 1.82 bits per heavy atom. The molecule has 1 aromatic carbocycles. The lowest BCUT2D eigenvalue weighted by molar-refractivity contribution is 0.0723. The Kier molecular flexibility index (Phi) is 6.87. The Labute approximate surface area is 170 Å². The summed E-state index contributed by atoms with van der Waals surface area (Å²) in [5.74, 6) is 0.437. The van der Waals surface area contributed by atoms with E-state index < -0.39 is 0 Å². The average molecular weight is 401 g/mol.